The van der Waals surface area contributed by atoms with Crippen molar-refractivity contribution in [2.75, 3.05) is 13.2 Å². The maximum atomic E-state index is 13.5. The third-order valence-corrected chi connectivity index (χ3v) is 7.58. The van der Waals surface area contributed by atoms with Crippen LogP contribution in [0, 0.1) is 0 Å². The topological polar surface area (TPSA) is 49.9 Å². The average Bonchev–Trinajstić information content (AvgIpc) is 3.48. The average molecular weight is 404 g/mol. The van der Waals surface area contributed by atoms with Gasteiger partial charge in [-0.2, -0.15) is 0 Å². The molecule has 3 fully saturated rings. The molecule has 6 rings (SSSR count). The Morgan fingerprint density at radius 2 is 1.90 bits per heavy atom. The fraction of sp³-hybridized carbons (Fsp3) is 0.304. The highest BCUT2D eigenvalue weighted by Crippen LogP contribution is 2.52. The molecule has 3 aromatic rings. The molecule has 1 spiro atoms. The van der Waals surface area contributed by atoms with Crippen molar-refractivity contribution in [1.29, 1.82) is 0 Å². The molecule has 0 bridgehead atoms. The van der Waals surface area contributed by atoms with Crippen LogP contribution in [0.25, 0.3) is 10.1 Å². The number of benzene rings is 2. The van der Waals surface area contributed by atoms with E-state index >= 15 is 0 Å². The second kappa shape index (κ2) is 6.15. The van der Waals surface area contributed by atoms with Crippen molar-refractivity contribution in [1.82, 2.24) is 9.80 Å². The zero-order valence-electron chi connectivity index (χ0n) is 15.8. The lowest BCUT2D eigenvalue weighted by Gasteiger charge is -2.33. The van der Waals surface area contributed by atoms with Gasteiger partial charge in [0.2, 0.25) is 5.91 Å². The Balaban J connectivity index is 1.35. The summed E-state index contributed by atoms with van der Waals surface area (Å²) in [5.74, 6) is 0.0831. The van der Waals surface area contributed by atoms with Gasteiger partial charge in [-0.25, -0.2) is 0 Å². The Labute approximate surface area is 172 Å². The highest BCUT2D eigenvalue weighted by atomic mass is 32.1. The van der Waals surface area contributed by atoms with Crippen molar-refractivity contribution < 1.29 is 14.3 Å². The van der Waals surface area contributed by atoms with Crippen LogP contribution in [-0.4, -0.2) is 46.5 Å². The highest BCUT2D eigenvalue weighted by molar-refractivity contribution is 7.17. The molecule has 0 unspecified atom stereocenters. The number of hydrogen-bond acceptors (Lipinski definition) is 4. The lowest BCUT2D eigenvalue weighted by Crippen LogP contribution is -2.49. The molecule has 3 atom stereocenters. The van der Waals surface area contributed by atoms with Crippen molar-refractivity contribution in [3.05, 3.63) is 71.1 Å². The number of nitrogens with zero attached hydrogens (tertiary/aromatic N) is 2. The molecule has 2 aromatic carbocycles. The molecular weight excluding hydrogens is 384 g/mol. The van der Waals surface area contributed by atoms with Gasteiger partial charge in [-0.05, 0) is 11.6 Å². The van der Waals surface area contributed by atoms with Gasteiger partial charge in [0.15, 0.2) is 5.72 Å². The van der Waals surface area contributed by atoms with E-state index in [0.29, 0.717) is 26.0 Å². The van der Waals surface area contributed by atoms with Gasteiger partial charge in [0.1, 0.15) is 0 Å². The van der Waals surface area contributed by atoms with E-state index in [1.165, 1.54) is 0 Å². The molecule has 2 amide bonds. The predicted molar refractivity (Wildman–Crippen MR) is 111 cm³/mol. The lowest BCUT2D eigenvalue weighted by atomic mass is 10.0. The van der Waals surface area contributed by atoms with Crippen LogP contribution in [0.1, 0.15) is 34.8 Å². The molecule has 0 radical (unpaired) electrons. The Morgan fingerprint density at radius 1 is 1.10 bits per heavy atom. The zero-order valence-corrected chi connectivity index (χ0v) is 16.6. The Bertz CT molecular complexity index is 1130. The number of carbonyl (C=O) groups is 2. The minimum absolute atomic E-state index is 0.00531. The molecule has 3 saturated heterocycles. The number of likely N-dealkylation sites (tertiary alicyclic amines) is 1. The van der Waals surface area contributed by atoms with Gasteiger partial charge in [0.05, 0.1) is 30.7 Å². The maximum absolute atomic E-state index is 13.5. The predicted octanol–water partition coefficient (Wildman–Crippen LogP) is 3.82. The molecular formula is C23H20N2O3S. The van der Waals surface area contributed by atoms with E-state index in [9.17, 15) is 9.59 Å². The fourth-order valence-corrected chi connectivity index (χ4v) is 6.24. The first-order valence-corrected chi connectivity index (χ1v) is 10.9. The second-order valence-electron chi connectivity index (χ2n) is 7.96. The molecule has 3 aliphatic heterocycles. The molecule has 146 valence electrons. The number of fused-ring (bicyclic) bond motifs is 1. The van der Waals surface area contributed by atoms with Crippen LogP contribution in [-0.2, 0) is 9.53 Å². The minimum atomic E-state index is -0.681. The van der Waals surface area contributed by atoms with Crippen molar-refractivity contribution in [2.24, 2.45) is 0 Å². The summed E-state index contributed by atoms with van der Waals surface area (Å²) >= 11 is 1.59. The van der Waals surface area contributed by atoms with Gasteiger partial charge >= 0.3 is 0 Å². The summed E-state index contributed by atoms with van der Waals surface area (Å²) in [5.41, 5.74) is 1.14. The van der Waals surface area contributed by atoms with Gasteiger partial charge in [-0.1, -0.05) is 48.5 Å². The quantitative estimate of drug-likeness (QED) is 0.653. The van der Waals surface area contributed by atoms with Crippen molar-refractivity contribution >= 4 is 33.2 Å². The fourth-order valence-electron chi connectivity index (χ4n) is 5.31. The van der Waals surface area contributed by atoms with E-state index in [2.05, 4.69) is 0 Å². The monoisotopic (exact) mass is 404 g/mol. The Kier molecular flexibility index (Phi) is 3.64. The molecule has 0 saturated carbocycles. The van der Waals surface area contributed by atoms with E-state index in [0.717, 1.165) is 21.2 Å². The molecule has 4 heterocycles. The molecule has 0 N–H and O–H groups in total. The smallest absolute Gasteiger partial charge is 0.255 e. The highest BCUT2D eigenvalue weighted by Gasteiger charge is 2.65. The van der Waals surface area contributed by atoms with Gasteiger partial charge < -0.3 is 14.5 Å². The number of amides is 2. The number of hydrogen-bond donors (Lipinski definition) is 0. The third kappa shape index (κ3) is 2.30. The van der Waals surface area contributed by atoms with Crippen LogP contribution >= 0.6 is 11.3 Å². The normalized spacial score (nSPS) is 28.2. The van der Waals surface area contributed by atoms with Crippen molar-refractivity contribution in [3.63, 3.8) is 0 Å². The van der Waals surface area contributed by atoms with E-state index in [1.807, 2.05) is 69.8 Å². The SMILES string of the molecule is O=C(c1csc2ccccc12)N1CC[C@@]23OC[C@@H](c4ccccc4)N2C(=O)C[C@@H]13. The second-order valence-corrected chi connectivity index (χ2v) is 8.87. The molecule has 29 heavy (non-hydrogen) atoms. The summed E-state index contributed by atoms with van der Waals surface area (Å²) in [6, 6.07) is 17.7. The number of carbonyl (C=O) groups excluding carboxylic acids is 2. The summed E-state index contributed by atoms with van der Waals surface area (Å²) in [6.45, 7) is 1.09. The van der Waals surface area contributed by atoms with Crippen LogP contribution in [0.5, 0.6) is 0 Å². The number of rotatable bonds is 2. The van der Waals surface area contributed by atoms with Crippen LogP contribution in [0.4, 0.5) is 0 Å². The summed E-state index contributed by atoms with van der Waals surface area (Å²) in [7, 11) is 0. The van der Waals surface area contributed by atoms with E-state index in [1.54, 1.807) is 11.3 Å². The summed E-state index contributed by atoms with van der Waals surface area (Å²) in [5, 5.41) is 2.92. The van der Waals surface area contributed by atoms with Crippen LogP contribution < -0.4 is 0 Å². The van der Waals surface area contributed by atoms with Crippen molar-refractivity contribution in [2.45, 2.75) is 30.7 Å². The van der Waals surface area contributed by atoms with E-state index in [4.69, 9.17) is 4.74 Å². The van der Waals surface area contributed by atoms with Gasteiger partial charge in [0, 0.05) is 28.4 Å². The van der Waals surface area contributed by atoms with Crippen molar-refractivity contribution in [3.8, 4) is 0 Å². The van der Waals surface area contributed by atoms with Gasteiger partial charge in [-0.3, -0.25) is 9.59 Å². The first-order valence-electron chi connectivity index (χ1n) is 9.97. The molecule has 6 heteroatoms. The van der Waals surface area contributed by atoms with Crippen LogP contribution in [0.15, 0.2) is 60.0 Å². The third-order valence-electron chi connectivity index (χ3n) is 6.61. The molecule has 5 nitrogen and oxygen atoms in total. The maximum Gasteiger partial charge on any atom is 0.255 e. The lowest BCUT2D eigenvalue weighted by molar-refractivity contribution is -0.138. The van der Waals surface area contributed by atoms with Crippen LogP contribution in [0.3, 0.4) is 0 Å². The summed E-state index contributed by atoms with van der Waals surface area (Å²) < 4.78 is 7.43. The first-order chi connectivity index (χ1) is 14.2. The molecule has 1 aromatic heterocycles. The Hall–Kier alpha value is -2.70. The number of ether oxygens (including phenoxy) is 1. The largest absolute Gasteiger partial charge is 0.351 e. The van der Waals surface area contributed by atoms with E-state index in [-0.39, 0.29) is 23.9 Å². The minimum Gasteiger partial charge on any atom is -0.351 e. The Morgan fingerprint density at radius 3 is 2.76 bits per heavy atom. The van der Waals surface area contributed by atoms with E-state index < -0.39 is 5.72 Å². The molecule has 0 aliphatic carbocycles. The summed E-state index contributed by atoms with van der Waals surface area (Å²) in [4.78, 5) is 30.3. The summed E-state index contributed by atoms with van der Waals surface area (Å²) in [6.07, 6.45) is 0.998. The molecule has 3 aliphatic rings. The first kappa shape index (κ1) is 17.2. The van der Waals surface area contributed by atoms with Gasteiger partial charge in [0.25, 0.3) is 5.91 Å². The standard InChI is InChI=1S/C23H20N2O3S/c26-21-12-20-23(25(21)18(13-28-23)15-6-2-1-3-7-15)10-11-24(20)22(27)17-14-29-19-9-5-4-8-16(17)19/h1-9,14,18,20H,10-13H2/t18-,20+,23-/m0/s1. The van der Waals surface area contributed by atoms with Crippen LogP contribution in [0.2, 0.25) is 0 Å². The van der Waals surface area contributed by atoms with Gasteiger partial charge in [-0.15, -0.1) is 11.3 Å². The zero-order chi connectivity index (χ0) is 19.6. The number of thiophene rings is 1.